The van der Waals surface area contributed by atoms with E-state index in [1.54, 1.807) is 24.4 Å². The zero-order chi connectivity index (χ0) is 20.8. The smallest absolute Gasteiger partial charge is 0.306 e. The van der Waals surface area contributed by atoms with Gasteiger partial charge in [-0.2, -0.15) is 0 Å². The van der Waals surface area contributed by atoms with E-state index >= 15 is 0 Å². The molecule has 0 amide bonds. The Morgan fingerprint density at radius 1 is 0.967 bits per heavy atom. The highest BCUT2D eigenvalue weighted by atomic mass is 16.5. The Bertz CT molecular complexity index is 1030. The highest BCUT2D eigenvalue weighted by molar-refractivity contribution is 5.98. The molecule has 30 heavy (non-hydrogen) atoms. The molecule has 154 valence electrons. The van der Waals surface area contributed by atoms with Crippen molar-refractivity contribution in [2.75, 3.05) is 13.2 Å². The van der Waals surface area contributed by atoms with Crippen molar-refractivity contribution >= 4 is 11.8 Å². The molecule has 3 aromatic rings. The van der Waals surface area contributed by atoms with Crippen molar-refractivity contribution in [3.63, 3.8) is 0 Å². The number of ether oxygens (including phenoxy) is 3. The van der Waals surface area contributed by atoms with Crippen LogP contribution in [0.3, 0.4) is 0 Å². The van der Waals surface area contributed by atoms with Crippen LogP contribution in [0.5, 0.6) is 11.5 Å². The minimum Gasteiger partial charge on any atom is -0.490 e. The lowest BCUT2D eigenvalue weighted by atomic mass is 10.1. The van der Waals surface area contributed by atoms with E-state index in [-0.39, 0.29) is 25.2 Å². The topological polar surface area (TPSA) is 87.9 Å². The Kier molecular flexibility index (Phi) is 6.08. The normalized spacial score (nSPS) is 12.8. The summed E-state index contributed by atoms with van der Waals surface area (Å²) in [6.07, 6.45) is 2.40. The molecule has 0 spiro atoms. The number of ketones is 1. The number of Topliss-reactive ketones (excluding diaryl/α,β-unsaturated/α-hetero) is 1. The van der Waals surface area contributed by atoms with E-state index in [9.17, 15) is 9.59 Å². The zero-order valence-electron chi connectivity index (χ0n) is 16.3. The van der Waals surface area contributed by atoms with Crippen molar-refractivity contribution in [1.29, 1.82) is 0 Å². The van der Waals surface area contributed by atoms with Crippen molar-refractivity contribution in [1.82, 2.24) is 4.98 Å². The molecule has 0 atom stereocenters. The van der Waals surface area contributed by atoms with E-state index in [4.69, 9.17) is 18.6 Å². The monoisotopic (exact) mass is 407 g/mol. The van der Waals surface area contributed by atoms with Crippen LogP contribution < -0.4 is 9.47 Å². The summed E-state index contributed by atoms with van der Waals surface area (Å²) < 4.78 is 21.9. The Labute approximate surface area is 173 Å². The summed E-state index contributed by atoms with van der Waals surface area (Å²) >= 11 is 0. The molecule has 0 radical (unpaired) electrons. The molecular weight excluding hydrogens is 386 g/mol. The van der Waals surface area contributed by atoms with E-state index in [0.29, 0.717) is 41.9 Å². The summed E-state index contributed by atoms with van der Waals surface area (Å²) in [6.45, 7) is 1.05. The number of oxazole rings is 1. The summed E-state index contributed by atoms with van der Waals surface area (Å²) in [6, 6.07) is 14.6. The molecule has 0 unspecified atom stereocenters. The predicted molar refractivity (Wildman–Crippen MR) is 107 cm³/mol. The summed E-state index contributed by atoms with van der Waals surface area (Å²) in [5.74, 6) is 1.44. The molecule has 0 saturated carbocycles. The molecule has 0 bridgehead atoms. The largest absolute Gasteiger partial charge is 0.490 e. The van der Waals surface area contributed by atoms with Crippen molar-refractivity contribution < 1.29 is 28.2 Å². The first-order chi connectivity index (χ1) is 14.7. The summed E-state index contributed by atoms with van der Waals surface area (Å²) in [5.41, 5.74) is 1.37. The number of carbonyl (C=O) groups is 2. The fourth-order valence-corrected chi connectivity index (χ4v) is 3.02. The Hall–Kier alpha value is -3.61. The van der Waals surface area contributed by atoms with Gasteiger partial charge in [-0.1, -0.05) is 30.3 Å². The molecule has 7 heteroatoms. The van der Waals surface area contributed by atoms with Crippen LogP contribution in [0.1, 0.15) is 35.5 Å². The van der Waals surface area contributed by atoms with Crippen molar-refractivity contribution in [3.05, 3.63) is 66.2 Å². The van der Waals surface area contributed by atoms with Crippen molar-refractivity contribution in [3.8, 4) is 22.8 Å². The molecule has 2 aromatic carbocycles. The summed E-state index contributed by atoms with van der Waals surface area (Å²) in [7, 11) is 0. The van der Waals surface area contributed by atoms with E-state index < -0.39 is 5.97 Å². The van der Waals surface area contributed by atoms with Gasteiger partial charge in [0.1, 0.15) is 0 Å². The Morgan fingerprint density at radius 2 is 1.77 bits per heavy atom. The second-order valence-corrected chi connectivity index (χ2v) is 6.78. The molecule has 1 aliphatic heterocycles. The van der Waals surface area contributed by atoms with Crippen LogP contribution in [0.4, 0.5) is 0 Å². The molecule has 7 nitrogen and oxygen atoms in total. The molecule has 4 rings (SSSR count). The number of carbonyl (C=O) groups excluding carboxylic acids is 2. The minimum absolute atomic E-state index is 0.0282. The van der Waals surface area contributed by atoms with E-state index in [0.717, 1.165) is 12.0 Å². The van der Waals surface area contributed by atoms with Crippen LogP contribution in [0, 0.1) is 0 Å². The summed E-state index contributed by atoms with van der Waals surface area (Å²) in [4.78, 5) is 28.6. The molecule has 0 N–H and O–H groups in total. The Balaban J connectivity index is 1.26. The lowest BCUT2D eigenvalue weighted by Crippen LogP contribution is -2.08. The van der Waals surface area contributed by atoms with Gasteiger partial charge in [0.05, 0.1) is 25.8 Å². The number of hydrogen-bond donors (Lipinski definition) is 0. The maximum absolute atomic E-state index is 12.4. The zero-order valence-corrected chi connectivity index (χ0v) is 16.3. The van der Waals surface area contributed by atoms with Crippen molar-refractivity contribution in [2.45, 2.75) is 25.9 Å². The van der Waals surface area contributed by atoms with E-state index in [2.05, 4.69) is 4.98 Å². The highest BCUT2D eigenvalue weighted by Crippen LogP contribution is 2.31. The molecule has 0 fully saturated rings. The van der Waals surface area contributed by atoms with Crippen molar-refractivity contribution in [2.24, 2.45) is 0 Å². The Morgan fingerprint density at radius 3 is 2.60 bits per heavy atom. The fraction of sp³-hybridized carbons (Fsp3) is 0.261. The molecule has 2 heterocycles. The van der Waals surface area contributed by atoms with Gasteiger partial charge in [-0.25, -0.2) is 4.98 Å². The number of hydrogen-bond acceptors (Lipinski definition) is 7. The number of fused-ring (bicyclic) bond motifs is 1. The minimum atomic E-state index is -0.489. The van der Waals surface area contributed by atoms with Crippen LogP contribution in [0.15, 0.2) is 59.1 Å². The lowest BCUT2D eigenvalue weighted by Gasteiger charge is -2.08. The second kappa shape index (κ2) is 9.26. The summed E-state index contributed by atoms with van der Waals surface area (Å²) in [5, 5.41) is 0. The molecule has 1 aromatic heterocycles. The van der Waals surface area contributed by atoms with Crippen LogP contribution in [0.25, 0.3) is 11.3 Å². The third-order valence-electron chi connectivity index (χ3n) is 4.59. The highest BCUT2D eigenvalue weighted by Gasteiger charge is 2.16. The van der Waals surface area contributed by atoms with E-state index in [1.807, 2.05) is 30.3 Å². The lowest BCUT2D eigenvalue weighted by molar-refractivity contribution is -0.145. The fourth-order valence-electron chi connectivity index (χ4n) is 3.02. The van der Waals surface area contributed by atoms with Gasteiger partial charge in [0.2, 0.25) is 5.89 Å². The maximum Gasteiger partial charge on any atom is 0.306 e. The average molecular weight is 407 g/mol. The molecule has 1 aliphatic rings. The third kappa shape index (κ3) is 4.86. The molecular formula is C23H21NO6. The first-order valence-electron chi connectivity index (χ1n) is 9.77. The SMILES string of the molecule is O=C(CCC(=O)c1ccc2c(c1)OCCCO2)OCc1ncc(-c2ccccc2)o1. The second-order valence-electron chi connectivity index (χ2n) is 6.78. The number of rotatable bonds is 7. The van der Waals surface area contributed by atoms with Gasteiger partial charge in [0.25, 0.3) is 0 Å². The van der Waals surface area contributed by atoms with Gasteiger partial charge < -0.3 is 18.6 Å². The molecule has 0 aliphatic carbocycles. The van der Waals surface area contributed by atoms with Crippen LogP contribution in [0.2, 0.25) is 0 Å². The van der Waals surface area contributed by atoms with Gasteiger partial charge >= 0.3 is 5.97 Å². The van der Waals surface area contributed by atoms with Crippen LogP contribution in [-0.2, 0) is 16.1 Å². The van der Waals surface area contributed by atoms with Gasteiger partial charge in [-0.05, 0) is 18.2 Å². The predicted octanol–water partition coefficient (Wildman–Crippen LogP) is 4.21. The number of benzene rings is 2. The third-order valence-corrected chi connectivity index (χ3v) is 4.59. The first kappa shape index (κ1) is 19.7. The van der Waals surface area contributed by atoms with Gasteiger partial charge in [0, 0.05) is 24.0 Å². The first-order valence-corrected chi connectivity index (χ1v) is 9.77. The average Bonchev–Trinajstić information content (AvgIpc) is 3.13. The molecule has 0 saturated heterocycles. The number of aromatic nitrogens is 1. The van der Waals surface area contributed by atoms with Crippen LogP contribution >= 0.6 is 0 Å². The van der Waals surface area contributed by atoms with Gasteiger partial charge in [0.15, 0.2) is 29.6 Å². The maximum atomic E-state index is 12.4. The van der Waals surface area contributed by atoms with E-state index in [1.165, 1.54) is 0 Å². The van der Waals surface area contributed by atoms with Gasteiger partial charge in [-0.15, -0.1) is 0 Å². The van der Waals surface area contributed by atoms with Crippen LogP contribution in [-0.4, -0.2) is 30.0 Å². The standard InChI is InChI=1S/C23H21NO6/c25-18(17-7-9-19-20(13-17)28-12-4-11-27-19)8-10-23(26)29-15-22-24-14-21(30-22)16-5-2-1-3-6-16/h1-3,5-7,9,13-14H,4,8,10-12,15H2. The number of esters is 1. The quantitative estimate of drug-likeness (QED) is 0.428. The number of nitrogens with zero attached hydrogens (tertiary/aromatic N) is 1. The van der Waals surface area contributed by atoms with Gasteiger partial charge in [-0.3, -0.25) is 9.59 Å².